The Hall–Kier alpha value is -1.60. The van der Waals surface area contributed by atoms with Gasteiger partial charge in [0.05, 0.1) is 11.1 Å². The van der Waals surface area contributed by atoms with Gasteiger partial charge in [-0.15, -0.1) is 0 Å². The second-order valence-corrected chi connectivity index (χ2v) is 9.90. The van der Waals surface area contributed by atoms with E-state index in [2.05, 4.69) is 16.9 Å². The molecule has 156 valence electrons. The van der Waals surface area contributed by atoms with Gasteiger partial charge in [0, 0.05) is 18.1 Å². The van der Waals surface area contributed by atoms with E-state index in [1.54, 1.807) is 11.8 Å². The number of hydrogen-bond acceptors (Lipinski definition) is 3. The van der Waals surface area contributed by atoms with Crippen LogP contribution < -0.4 is 4.72 Å². The first kappa shape index (κ1) is 22.1. The minimum absolute atomic E-state index is 0.0586. The Morgan fingerprint density at radius 3 is 2.45 bits per heavy atom. The molecule has 1 aliphatic rings. The van der Waals surface area contributed by atoms with Crippen molar-refractivity contribution in [3.8, 4) is 0 Å². The topological polar surface area (TPSA) is 66.5 Å². The first-order valence-corrected chi connectivity index (χ1v) is 11.8. The number of amides is 1. The molecule has 1 heterocycles. The summed E-state index contributed by atoms with van der Waals surface area (Å²) in [6.45, 7) is 2.80. The molecule has 5 nitrogen and oxygen atoms in total. The van der Waals surface area contributed by atoms with E-state index < -0.39 is 16.1 Å². The average Bonchev–Trinajstić information content (AvgIpc) is 2.70. The van der Waals surface area contributed by atoms with Crippen LogP contribution in [0.2, 0.25) is 10.0 Å². The van der Waals surface area contributed by atoms with Gasteiger partial charge in [0.15, 0.2) is 0 Å². The summed E-state index contributed by atoms with van der Waals surface area (Å²) in [4.78, 5) is 14.4. The van der Waals surface area contributed by atoms with Gasteiger partial charge >= 0.3 is 0 Å². The number of nitrogens with one attached hydrogen (secondary N) is 1. The smallest absolute Gasteiger partial charge is 0.242 e. The number of halogens is 2. The van der Waals surface area contributed by atoms with Gasteiger partial charge in [0.2, 0.25) is 15.9 Å². The molecule has 2 aromatic rings. The zero-order valence-corrected chi connectivity index (χ0v) is 18.5. The second-order valence-electron chi connectivity index (χ2n) is 7.38. The minimum atomic E-state index is -3.96. The molecule has 0 aliphatic carbocycles. The van der Waals surface area contributed by atoms with Crippen LogP contribution in [-0.4, -0.2) is 38.4 Å². The van der Waals surface area contributed by atoms with Crippen LogP contribution in [0, 0.1) is 5.92 Å². The van der Waals surface area contributed by atoms with Gasteiger partial charge in [0.25, 0.3) is 0 Å². The van der Waals surface area contributed by atoms with Crippen molar-refractivity contribution in [1.82, 2.24) is 9.62 Å². The van der Waals surface area contributed by atoms with Crippen LogP contribution in [0.5, 0.6) is 0 Å². The molecule has 1 fully saturated rings. The van der Waals surface area contributed by atoms with E-state index in [1.807, 2.05) is 18.2 Å². The highest BCUT2D eigenvalue weighted by atomic mass is 35.5. The number of hydrogen-bond donors (Lipinski definition) is 1. The number of sulfonamides is 1. The third-order valence-electron chi connectivity index (χ3n) is 5.18. The highest BCUT2D eigenvalue weighted by Crippen LogP contribution is 2.26. The molecule has 0 spiro atoms. The summed E-state index contributed by atoms with van der Waals surface area (Å²) in [6, 6.07) is 13.6. The van der Waals surface area contributed by atoms with Crippen LogP contribution in [0.1, 0.15) is 25.3 Å². The summed E-state index contributed by atoms with van der Waals surface area (Å²) >= 11 is 11.9. The van der Waals surface area contributed by atoms with E-state index in [0.717, 1.165) is 19.3 Å². The van der Waals surface area contributed by atoms with Gasteiger partial charge in [-0.2, -0.15) is 4.72 Å². The Labute approximate surface area is 182 Å². The van der Waals surface area contributed by atoms with Gasteiger partial charge in [-0.3, -0.25) is 4.79 Å². The highest BCUT2D eigenvalue weighted by Gasteiger charge is 2.29. The van der Waals surface area contributed by atoms with Gasteiger partial charge in [0.1, 0.15) is 4.90 Å². The number of rotatable bonds is 6. The molecule has 0 bridgehead atoms. The van der Waals surface area contributed by atoms with Crippen molar-refractivity contribution in [2.45, 2.75) is 37.1 Å². The van der Waals surface area contributed by atoms with Crippen LogP contribution in [0.25, 0.3) is 0 Å². The zero-order chi connectivity index (χ0) is 21.0. The summed E-state index contributed by atoms with van der Waals surface area (Å²) in [7, 11) is -3.96. The van der Waals surface area contributed by atoms with Crippen molar-refractivity contribution in [2.75, 3.05) is 13.1 Å². The van der Waals surface area contributed by atoms with Crippen LogP contribution in [0.4, 0.5) is 0 Å². The normalized spacial score (nSPS) is 16.6. The fraction of sp³-hybridized carbons (Fsp3) is 0.381. The number of benzene rings is 2. The lowest BCUT2D eigenvalue weighted by Crippen LogP contribution is -2.49. The second kappa shape index (κ2) is 9.47. The average molecular weight is 455 g/mol. The summed E-state index contributed by atoms with van der Waals surface area (Å²) in [6.07, 6.45) is 2.80. The van der Waals surface area contributed by atoms with Crippen LogP contribution in [-0.2, 0) is 21.2 Å². The molecule has 1 amide bonds. The Kier molecular flexibility index (Phi) is 7.22. The Bertz CT molecular complexity index is 959. The van der Waals surface area contributed by atoms with E-state index in [4.69, 9.17) is 23.2 Å². The monoisotopic (exact) mass is 454 g/mol. The molecule has 1 saturated heterocycles. The Morgan fingerprint density at radius 1 is 1.14 bits per heavy atom. The molecule has 8 heteroatoms. The molecule has 1 N–H and O–H groups in total. The third kappa shape index (κ3) is 5.72. The molecule has 3 rings (SSSR count). The number of likely N-dealkylation sites (tertiary alicyclic amines) is 1. The molecular weight excluding hydrogens is 431 g/mol. The van der Waals surface area contributed by atoms with Gasteiger partial charge in [-0.05, 0) is 55.9 Å². The fourth-order valence-electron chi connectivity index (χ4n) is 3.61. The summed E-state index contributed by atoms with van der Waals surface area (Å²) in [5.74, 6) is 0.295. The van der Waals surface area contributed by atoms with Gasteiger partial charge in [-0.25, -0.2) is 8.42 Å². The SMILES string of the molecule is C[C@H](NS(=O)(=O)c1cc(Cl)ccc1Cl)C(=O)N1CCC(Cc2ccccc2)CC1. The van der Waals surface area contributed by atoms with Crippen molar-refractivity contribution in [3.05, 3.63) is 64.1 Å². The number of nitrogens with zero attached hydrogens (tertiary/aromatic N) is 1. The van der Waals surface area contributed by atoms with E-state index in [1.165, 1.54) is 23.8 Å². The quantitative estimate of drug-likeness (QED) is 0.712. The Morgan fingerprint density at radius 2 is 1.79 bits per heavy atom. The molecule has 0 aromatic heterocycles. The molecule has 0 radical (unpaired) electrons. The lowest BCUT2D eigenvalue weighted by Gasteiger charge is -2.33. The van der Waals surface area contributed by atoms with E-state index >= 15 is 0 Å². The standard InChI is InChI=1S/C21H24Cl2N2O3S/c1-15(24-29(27,28)20-14-18(22)7-8-19(20)23)21(26)25-11-9-17(10-12-25)13-16-5-3-2-4-6-16/h2-8,14-15,17,24H,9-13H2,1H3/t15-/m0/s1. The maximum absolute atomic E-state index is 12.8. The largest absolute Gasteiger partial charge is 0.341 e. The maximum atomic E-state index is 12.8. The van der Waals surface area contributed by atoms with Crippen LogP contribution in [0.3, 0.4) is 0 Å². The molecule has 0 unspecified atom stereocenters. The van der Waals surface area contributed by atoms with Gasteiger partial charge in [-0.1, -0.05) is 53.5 Å². The lowest BCUT2D eigenvalue weighted by atomic mass is 9.90. The maximum Gasteiger partial charge on any atom is 0.242 e. The number of piperidine rings is 1. The van der Waals surface area contributed by atoms with Crippen molar-refractivity contribution < 1.29 is 13.2 Å². The zero-order valence-electron chi connectivity index (χ0n) is 16.1. The van der Waals surface area contributed by atoms with Crippen molar-refractivity contribution in [2.24, 2.45) is 5.92 Å². The third-order valence-corrected chi connectivity index (χ3v) is 7.44. The van der Waals surface area contributed by atoms with Crippen LogP contribution in [0.15, 0.2) is 53.4 Å². The molecule has 2 aromatic carbocycles. The number of carbonyl (C=O) groups excluding carboxylic acids is 1. The molecular formula is C21H24Cl2N2O3S. The predicted octanol–water partition coefficient (Wildman–Crippen LogP) is 4.14. The van der Waals surface area contributed by atoms with E-state index in [-0.39, 0.29) is 20.8 Å². The Balaban J connectivity index is 1.57. The van der Waals surface area contributed by atoms with Gasteiger partial charge < -0.3 is 4.90 Å². The first-order valence-electron chi connectivity index (χ1n) is 9.56. The first-order chi connectivity index (χ1) is 13.8. The van der Waals surface area contributed by atoms with Crippen LogP contribution >= 0.6 is 23.2 Å². The van der Waals surface area contributed by atoms with E-state index in [9.17, 15) is 13.2 Å². The summed E-state index contributed by atoms with van der Waals surface area (Å²) in [5.41, 5.74) is 1.30. The molecule has 0 saturated carbocycles. The molecule has 1 atom stereocenters. The molecule has 29 heavy (non-hydrogen) atoms. The van der Waals surface area contributed by atoms with Crippen molar-refractivity contribution >= 4 is 39.1 Å². The predicted molar refractivity (Wildman–Crippen MR) is 116 cm³/mol. The lowest BCUT2D eigenvalue weighted by molar-refractivity contribution is -0.133. The summed E-state index contributed by atoms with van der Waals surface area (Å²) in [5, 5.41) is 0.317. The van der Waals surface area contributed by atoms with Crippen molar-refractivity contribution in [1.29, 1.82) is 0 Å². The van der Waals surface area contributed by atoms with E-state index in [0.29, 0.717) is 19.0 Å². The highest BCUT2D eigenvalue weighted by molar-refractivity contribution is 7.89. The number of carbonyl (C=O) groups is 1. The summed E-state index contributed by atoms with van der Waals surface area (Å²) < 4.78 is 27.7. The fourth-order valence-corrected chi connectivity index (χ4v) is 5.57. The molecule has 1 aliphatic heterocycles. The minimum Gasteiger partial charge on any atom is -0.341 e. The van der Waals surface area contributed by atoms with Crippen molar-refractivity contribution in [3.63, 3.8) is 0 Å².